The number of ether oxygens (including phenoxy) is 2. The van der Waals surface area contributed by atoms with E-state index in [4.69, 9.17) is 9.47 Å². The summed E-state index contributed by atoms with van der Waals surface area (Å²) < 4.78 is 24.4. The lowest BCUT2D eigenvalue weighted by molar-refractivity contribution is -0.119. The number of carbonyl (C=O) groups excluding carboxylic acids is 2. The fraction of sp³-hybridized carbons (Fsp3) is 0.417. The van der Waals surface area contributed by atoms with Crippen LogP contribution in [-0.2, 0) is 22.7 Å². The molecule has 1 saturated carbocycles. The van der Waals surface area contributed by atoms with E-state index in [0.29, 0.717) is 28.3 Å². The van der Waals surface area contributed by atoms with Gasteiger partial charge in [0.2, 0.25) is 11.7 Å². The molecule has 3 aromatic rings. The standard InChI is InChI=1S/C24H27FN4O5S/c1-13(30)27-17-5-3-15(7-17)10-34-11-16-12-35-24-20(16)22(31)28-21(29-24)23(32)26-9-14-4-6-18(25)19(8-14)33-2/h4,6,8,12,15,17H,3,5,7,9-11H2,1-2H3,(H,26,32)(H,27,30)(H,28,29,31). The summed E-state index contributed by atoms with van der Waals surface area (Å²) in [5.74, 6) is -0.705. The molecule has 186 valence electrons. The van der Waals surface area contributed by atoms with Crippen LogP contribution in [0, 0.1) is 11.7 Å². The van der Waals surface area contributed by atoms with Crippen LogP contribution in [0.5, 0.6) is 5.75 Å². The van der Waals surface area contributed by atoms with Gasteiger partial charge in [0.05, 0.1) is 19.1 Å². The Morgan fingerprint density at radius 1 is 1.31 bits per heavy atom. The van der Waals surface area contributed by atoms with Crippen molar-refractivity contribution in [3.05, 3.63) is 56.7 Å². The average molecular weight is 503 g/mol. The van der Waals surface area contributed by atoms with Crippen molar-refractivity contribution in [3.63, 3.8) is 0 Å². The minimum atomic E-state index is -0.548. The van der Waals surface area contributed by atoms with Crippen molar-refractivity contribution in [2.45, 2.75) is 45.4 Å². The topological polar surface area (TPSA) is 122 Å². The molecular formula is C24H27FN4O5S. The second kappa shape index (κ2) is 11.0. The molecule has 11 heteroatoms. The highest BCUT2D eigenvalue weighted by Crippen LogP contribution is 2.27. The van der Waals surface area contributed by atoms with Crippen molar-refractivity contribution in [1.82, 2.24) is 20.6 Å². The van der Waals surface area contributed by atoms with Crippen LogP contribution in [0.3, 0.4) is 0 Å². The highest BCUT2D eigenvalue weighted by atomic mass is 32.1. The molecule has 2 aromatic heterocycles. The highest BCUT2D eigenvalue weighted by molar-refractivity contribution is 7.16. The first-order chi connectivity index (χ1) is 16.8. The predicted molar refractivity (Wildman–Crippen MR) is 129 cm³/mol. The number of fused-ring (bicyclic) bond motifs is 1. The lowest BCUT2D eigenvalue weighted by Crippen LogP contribution is -2.30. The molecule has 0 aliphatic heterocycles. The van der Waals surface area contributed by atoms with Gasteiger partial charge in [-0.1, -0.05) is 6.07 Å². The van der Waals surface area contributed by atoms with E-state index in [0.717, 1.165) is 24.8 Å². The van der Waals surface area contributed by atoms with Crippen LogP contribution < -0.4 is 20.9 Å². The van der Waals surface area contributed by atoms with E-state index in [9.17, 15) is 18.8 Å². The number of thiophene rings is 1. The zero-order valence-electron chi connectivity index (χ0n) is 19.5. The van der Waals surface area contributed by atoms with Gasteiger partial charge in [0.1, 0.15) is 4.83 Å². The molecule has 0 bridgehead atoms. The van der Waals surface area contributed by atoms with Crippen molar-refractivity contribution in [1.29, 1.82) is 0 Å². The van der Waals surface area contributed by atoms with Gasteiger partial charge in [0.25, 0.3) is 11.5 Å². The molecule has 3 N–H and O–H groups in total. The van der Waals surface area contributed by atoms with Gasteiger partial charge in [-0.25, -0.2) is 9.37 Å². The molecule has 35 heavy (non-hydrogen) atoms. The van der Waals surface area contributed by atoms with E-state index in [1.165, 1.54) is 43.6 Å². The Kier molecular flexibility index (Phi) is 7.76. The summed E-state index contributed by atoms with van der Waals surface area (Å²) in [7, 11) is 1.36. The molecule has 2 amide bonds. The summed E-state index contributed by atoms with van der Waals surface area (Å²) in [6.45, 7) is 2.46. The van der Waals surface area contributed by atoms with Crippen LogP contribution in [0.25, 0.3) is 10.2 Å². The number of amides is 2. The first-order valence-corrected chi connectivity index (χ1v) is 12.2. The van der Waals surface area contributed by atoms with Crippen molar-refractivity contribution in [2.75, 3.05) is 13.7 Å². The third-order valence-electron chi connectivity index (χ3n) is 5.96. The molecule has 2 unspecified atom stereocenters. The van der Waals surface area contributed by atoms with E-state index < -0.39 is 17.3 Å². The molecule has 0 spiro atoms. The Labute approximate surface area is 205 Å². The maximum atomic E-state index is 13.6. The first-order valence-electron chi connectivity index (χ1n) is 11.3. The van der Waals surface area contributed by atoms with Crippen LogP contribution in [0.1, 0.15) is 47.9 Å². The van der Waals surface area contributed by atoms with Crippen LogP contribution in [-0.4, -0.2) is 41.5 Å². The largest absolute Gasteiger partial charge is 0.494 e. The molecule has 4 rings (SSSR count). The average Bonchev–Trinajstić information content (AvgIpc) is 3.45. The number of nitrogens with zero attached hydrogens (tertiary/aromatic N) is 1. The van der Waals surface area contributed by atoms with Crippen LogP contribution in [0.4, 0.5) is 4.39 Å². The number of H-pyrrole nitrogens is 1. The van der Waals surface area contributed by atoms with Crippen molar-refractivity contribution in [3.8, 4) is 5.75 Å². The zero-order valence-corrected chi connectivity index (χ0v) is 20.3. The Morgan fingerprint density at radius 2 is 2.14 bits per heavy atom. The normalized spacial score (nSPS) is 17.5. The number of benzene rings is 1. The van der Waals surface area contributed by atoms with E-state index in [-0.39, 0.29) is 36.7 Å². The molecular weight excluding hydrogens is 475 g/mol. The number of aromatic nitrogens is 2. The number of hydrogen-bond donors (Lipinski definition) is 3. The fourth-order valence-corrected chi connectivity index (χ4v) is 5.21. The van der Waals surface area contributed by atoms with Crippen molar-refractivity contribution < 1.29 is 23.5 Å². The monoisotopic (exact) mass is 502 g/mol. The fourth-order valence-electron chi connectivity index (χ4n) is 4.28. The lowest BCUT2D eigenvalue weighted by atomic mass is 10.1. The lowest BCUT2D eigenvalue weighted by Gasteiger charge is -2.12. The number of halogens is 1. The molecule has 1 fully saturated rings. The van der Waals surface area contributed by atoms with Gasteiger partial charge in [0.15, 0.2) is 11.6 Å². The summed E-state index contributed by atoms with van der Waals surface area (Å²) in [5.41, 5.74) is 0.955. The molecule has 1 aliphatic rings. The molecule has 0 radical (unpaired) electrons. The maximum absolute atomic E-state index is 13.6. The molecule has 1 aromatic carbocycles. The summed E-state index contributed by atoms with van der Waals surface area (Å²) in [6, 6.07) is 4.49. The van der Waals surface area contributed by atoms with Crippen LogP contribution >= 0.6 is 11.3 Å². The Hall–Kier alpha value is -3.31. The molecule has 2 heterocycles. The second-order valence-electron chi connectivity index (χ2n) is 8.60. The maximum Gasteiger partial charge on any atom is 0.287 e. The van der Waals surface area contributed by atoms with Gasteiger partial charge in [0, 0.05) is 31.7 Å². The SMILES string of the molecule is COc1cc(CNC(=O)c2nc3scc(COCC4CCC(NC(C)=O)C4)c3c(=O)[nH]2)ccc1F. The van der Waals surface area contributed by atoms with Crippen molar-refractivity contribution in [2.24, 2.45) is 5.92 Å². The zero-order chi connectivity index (χ0) is 24.9. The third-order valence-corrected chi connectivity index (χ3v) is 6.88. The van der Waals surface area contributed by atoms with Gasteiger partial charge >= 0.3 is 0 Å². The van der Waals surface area contributed by atoms with E-state index >= 15 is 0 Å². The number of aromatic amines is 1. The number of nitrogens with one attached hydrogen (secondary N) is 3. The second-order valence-corrected chi connectivity index (χ2v) is 9.46. The third kappa shape index (κ3) is 6.04. The minimum Gasteiger partial charge on any atom is -0.494 e. The summed E-state index contributed by atoms with van der Waals surface area (Å²) in [4.78, 5) is 43.8. The highest BCUT2D eigenvalue weighted by Gasteiger charge is 2.25. The van der Waals surface area contributed by atoms with Gasteiger partial charge in [-0.15, -0.1) is 11.3 Å². The first kappa shape index (κ1) is 24.8. The summed E-state index contributed by atoms with van der Waals surface area (Å²) in [6.07, 6.45) is 2.81. The van der Waals surface area contributed by atoms with Crippen LogP contribution in [0.2, 0.25) is 0 Å². The summed E-state index contributed by atoms with van der Waals surface area (Å²) in [5, 5.41) is 7.84. The van der Waals surface area contributed by atoms with Gasteiger partial charge < -0.3 is 25.1 Å². The van der Waals surface area contributed by atoms with Crippen molar-refractivity contribution >= 4 is 33.4 Å². The quantitative estimate of drug-likeness (QED) is 0.414. The number of methoxy groups -OCH3 is 1. The Morgan fingerprint density at radius 3 is 2.91 bits per heavy atom. The van der Waals surface area contributed by atoms with E-state index in [1.54, 1.807) is 0 Å². The van der Waals surface area contributed by atoms with E-state index in [1.807, 2.05) is 5.38 Å². The van der Waals surface area contributed by atoms with Gasteiger partial charge in [-0.2, -0.15) is 0 Å². The molecule has 9 nitrogen and oxygen atoms in total. The number of carbonyl (C=O) groups is 2. The number of hydrogen-bond acceptors (Lipinski definition) is 7. The van der Waals surface area contributed by atoms with E-state index in [2.05, 4.69) is 20.6 Å². The minimum absolute atomic E-state index is 0.0169. The van der Waals surface area contributed by atoms with Gasteiger partial charge in [-0.05, 0) is 48.3 Å². The Balaban J connectivity index is 1.35. The van der Waals surface area contributed by atoms with Gasteiger partial charge in [-0.3, -0.25) is 14.4 Å². The summed E-state index contributed by atoms with van der Waals surface area (Å²) >= 11 is 1.27. The molecule has 0 saturated heterocycles. The number of rotatable bonds is 9. The molecule has 1 aliphatic carbocycles. The van der Waals surface area contributed by atoms with Crippen LogP contribution in [0.15, 0.2) is 28.4 Å². The Bertz CT molecular complexity index is 1290. The molecule has 2 atom stereocenters. The predicted octanol–water partition coefficient (Wildman–Crippen LogP) is 2.88. The smallest absolute Gasteiger partial charge is 0.287 e.